The first-order valence-electron chi connectivity index (χ1n) is 10.7. The zero-order valence-corrected chi connectivity index (χ0v) is 21.9. The van der Waals surface area contributed by atoms with Gasteiger partial charge in [0.25, 0.3) is 0 Å². The number of rotatable bonds is 9. The summed E-state index contributed by atoms with van der Waals surface area (Å²) < 4.78 is 19.1. The van der Waals surface area contributed by atoms with Crippen LogP contribution in [0.2, 0.25) is 18.1 Å². The summed E-state index contributed by atoms with van der Waals surface area (Å²) in [4.78, 5) is 11.1. The summed E-state index contributed by atoms with van der Waals surface area (Å²) in [6, 6.07) is 13.3. The number of fused-ring (bicyclic) bond motifs is 1. The third-order valence-electron chi connectivity index (χ3n) is 6.01. The van der Waals surface area contributed by atoms with Gasteiger partial charge in [0.05, 0.1) is 10.9 Å². The quantitative estimate of drug-likeness (QED) is 0.310. The fourth-order valence-electron chi connectivity index (χ4n) is 3.17. The van der Waals surface area contributed by atoms with Crippen LogP contribution in [0.4, 0.5) is 0 Å². The standard InChI is InChI=1S/C25H31BrO5Si/c1-25(2,3)32(4,5)30-11-10-20-14-19-12-17(13-21(26)24(19)31-20)16-29-22-9-7-6-8-18(22)15-23(27)28/h6-9,12-14H,10-11,15-16H2,1-5H3,(H,27,28). The molecule has 0 amide bonds. The van der Waals surface area contributed by atoms with Crippen molar-refractivity contribution >= 4 is 41.2 Å². The zero-order chi connectivity index (χ0) is 23.5. The Morgan fingerprint density at radius 1 is 1.16 bits per heavy atom. The molecule has 0 aliphatic carbocycles. The second-order valence-corrected chi connectivity index (χ2v) is 15.2. The van der Waals surface area contributed by atoms with Gasteiger partial charge >= 0.3 is 5.97 Å². The van der Waals surface area contributed by atoms with Crippen LogP contribution in [-0.2, 0) is 28.7 Å². The lowest BCUT2D eigenvalue weighted by Gasteiger charge is -2.36. The highest BCUT2D eigenvalue weighted by molar-refractivity contribution is 9.10. The van der Waals surface area contributed by atoms with Crippen LogP contribution in [0.25, 0.3) is 11.0 Å². The van der Waals surface area contributed by atoms with Crippen LogP contribution in [0.1, 0.15) is 37.7 Å². The van der Waals surface area contributed by atoms with Crippen molar-refractivity contribution in [2.45, 2.75) is 58.4 Å². The third-order valence-corrected chi connectivity index (χ3v) is 11.1. The Morgan fingerprint density at radius 3 is 2.56 bits per heavy atom. The van der Waals surface area contributed by atoms with E-state index in [1.807, 2.05) is 24.3 Å². The number of aliphatic carboxylic acids is 1. The highest BCUT2D eigenvalue weighted by Crippen LogP contribution is 2.37. The summed E-state index contributed by atoms with van der Waals surface area (Å²) in [5, 5.41) is 10.3. The molecule has 3 rings (SSSR count). The molecule has 32 heavy (non-hydrogen) atoms. The zero-order valence-electron chi connectivity index (χ0n) is 19.3. The van der Waals surface area contributed by atoms with E-state index >= 15 is 0 Å². The lowest BCUT2D eigenvalue weighted by Crippen LogP contribution is -2.41. The fourth-order valence-corrected chi connectivity index (χ4v) is 4.82. The lowest BCUT2D eigenvalue weighted by molar-refractivity contribution is -0.136. The molecule has 0 bridgehead atoms. The van der Waals surface area contributed by atoms with Crippen LogP contribution in [0.3, 0.4) is 0 Å². The van der Waals surface area contributed by atoms with Crippen LogP contribution in [0.5, 0.6) is 5.75 Å². The summed E-state index contributed by atoms with van der Waals surface area (Å²) in [5.41, 5.74) is 2.44. The first-order chi connectivity index (χ1) is 15.0. The highest BCUT2D eigenvalue weighted by Gasteiger charge is 2.36. The minimum atomic E-state index is -1.78. The molecule has 1 heterocycles. The summed E-state index contributed by atoms with van der Waals surface area (Å²) in [6.07, 6.45) is 0.656. The van der Waals surface area contributed by atoms with Gasteiger partial charge < -0.3 is 18.7 Å². The SMILES string of the molecule is CC(C)(C)[Si](C)(C)OCCc1cc2cc(COc3ccccc3CC(=O)O)cc(Br)c2o1. The van der Waals surface area contributed by atoms with E-state index in [2.05, 4.69) is 55.9 Å². The minimum Gasteiger partial charge on any atom is -0.489 e. The number of carboxylic acids is 1. The van der Waals surface area contributed by atoms with E-state index in [0.717, 1.165) is 33.2 Å². The number of benzene rings is 2. The molecule has 2 aromatic carbocycles. The predicted octanol–water partition coefficient (Wildman–Crippen LogP) is 6.97. The van der Waals surface area contributed by atoms with E-state index in [-0.39, 0.29) is 11.5 Å². The number of para-hydroxylation sites is 1. The molecule has 0 unspecified atom stereocenters. The summed E-state index contributed by atoms with van der Waals surface area (Å²) in [7, 11) is -1.78. The lowest BCUT2D eigenvalue weighted by atomic mass is 10.1. The molecule has 0 saturated heterocycles. The molecule has 0 saturated carbocycles. The number of hydrogen-bond donors (Lipinski definition) is 1. The molecule has 0 atom stereocenters. The van der Waals surface area contributed by atoms with E-state index in [0.29, 0.717) is 24.5 Å². The van der Waals surface area contributed by atoms with E-state index in [1.165, 1.54) is 0 Å². The molecule has 172 valence electrons. The van der Waals surface area contributed by atoms with Crippen molar-refractivity contribution < 1.29 is 23.5 Å². The molecular weight excluding hydrogens is 488 g/mol. The number of carboxylic acid groups (broad SMARTS) is 1. The van der Waals surface area contributed by atoms with Gasteiger partial charge in [-0.1, -0.05) is 39.0 Å². The first kappa shape index (κ1) is 24.5. The minimum absolute atomic E-state index is 0.0685. The van der Waals surface area contributed by atoms with E-state index in [1.54, 1.807) is 12.1 Å². The molecule has 0 spiro atoms. The van der Waals surface area contributed by atoms with Crippen molar-refractivity contribution in [1.82, 2.24) is 0 Å². The van der Waals surface area contributed by atoms with Crippen molar-refractivity contribution in [2.24, 2.45) is 0 Å². The molecule has 0 aliphatic rings. The van der Waals surface area contributed by atoms with Gasteiger partial charge in [0.2, 0.25) is 0 Å². The molecule has 0 fully saturated rings. The van der Waals surface area contributed by atoms with E-state index in [4.69, 9.17) is 18.7 Å². The maximum absolute atomic E-state index is 11.1. The third kappa shape index (κ3) is 6.03. The number of hydrogen-bond acceptors (Lipinski definition) is 4. The van der Waals surface area contributed by atoms with Crippen molar-refractivity contribution in [3.05, 3.63) is 63.8 Å². The summed E-state index contributed by atoms with van der Waals surface area (Å²) >= 11 is 3.61. The number of halogens is 1. The number of ether oxygens (including phenoxy) is 1. The Morgan fingerprint density at radius 2 is 1.88 bits per heavy atom. The fraction of sp³-hybridized carbons (Fsp3) is 0.400. The van der Waals surface area contributed by atoms with Crippen LogP contribution >= 0.6 is 15.9 Å². The normalized spacial score (nSPS) is 12.3. The summed E-state index contributed by atoms with van der Waals surface area (Å²) in [5.74, 6) is 0.597. The highest BCUT2D eigenvalue weighted by atomic mass is 79.9. The van der Waals surface area contributed by atoms with Gasteiger partial charge in [-0.25, -0.2) is 0 Å². The van der Waals surface area contributed by atoms with Gasteiger partial charge in [-0.3, -0.25) is 4.79 Å². The second kappa shape index (κ2) is 9.81. The maximum Gasteiger partial charge on any atom is 0.307 e. The van der Waals surface area contributed by atoms with Crippen LogP contribution in [-0.4, -0.2) is 26.0 Å². The van der Waals surface area contributed by atoms with Crippen LogP contribution in [0.15, 0.2) is 51.4 Å². The van der Waals surface area contributed by atoms with Crippen molar-refractivity contribution in [3.8, 4) is 5.75 Å². The van der Waals surface area contributed by atoms with Gasteiger partial charge in [0.1, 0.15) is 23.7 Å². The Bertz CT molecular complexity index is 1100. The average Bonchev–Trinajstić information content (AvgIpc) is 3.09. The predicted molar refractivity (Wildman–Crippen MR) is 133 cm³/mol. The largest absolute Gasteiger partial charge is 0.489 e. The molecule has 7 heteroatoms. The molecular formula is C25H31BrO5Si. The topological polar surface area (TPSA) is 68.9 Å². The van der Waals surface area contributed by atoms with Gasteiger partial charge in [-0.05, 0) is 63.9 Å². The van der Waals surface area contributed by atoms with Gasteiger partial charge in [-0.2, -0.15) is 0 Å². The smallest absolute Gasteiger partial charge is 0.307 e. The van der Waals surface area contributed by atoms with Gasteiger partial charge in [-0.15, -0.1) is 0 Å². The van der Waals surface area contributed by atoms with Crippen molar-refractivity contribution in [1.29, 1.82) is 0 Å². The Balaban J connectivity index is 1.69. The average molecular weight is 520 g/mol. The second-order valence-electron chi connectivity index (χ2n) is 9.53. The van der Waals surface area contributed by atoms with Gasteiger partial charge in [0.15, 0.2) is 8.32 Å². The van der Waals surface area contributed by atoms with Crippen LogP contribution < -0.4 is 4.74 Å². The summed E-state index contributed by atoms with van der Waals surface area (Å²) in [6.45, 7) is 12.2. The van der Waals surface area contributed by atoms with E-state index in [9.17, 15) is 4.79 Å². The van der Waals surface area contributed by atoms with Crippen LogP contribution in [0, 0.1) is 0 Å². The Hall–Kier alpha value is -2.09. The molecule has 0 radical (unpaired) electrons. The molecule has 5 nitrogen and oxygen atoms in total. The monoisotopic (exact) mass is 518 g/mol. The Labute approximate surface area is 199 Å². The first-order valence-corrected chi connectivity index (χ1v) is 14.4. The van der Waals surface area contributed by atoms with E-state index < -0.39 is 14.3 Å². The van der Waals surface area contributed by atoms with Crippen molar-refractivity contribution in [3.63, 3.8) is 0 Å². The Kier molecular flexibility index (Phi) is 7.52. The maximum atomic E-state index is 11.1. The molecule has 1 aromatic heterocycles. The number of furan rings is 1. The van der Waals surface area contributed by atoms with Crippen molar-refractivity contribution in [2.75, 3.05) is 6.61 Å². The molecule has 3 aromatic rings. The van der Waals surface area contributed by atoms with Gasteiger partial charge in [0, 0.05) is 24.0 Å². The molecule has 1 N–H and O–H groups in total. The number of carbonyl (C=O) groups is 1. The molecule has 0 aliphatic heterocycles.